The van der Waals surface area contributed by atoms with Gasteiger partial charge in [0.25, 0.3) is 5.82 Å². The Hall–Kier alpha value is -2.39. The van der Waals surface area contributed by atoms with Crippen molar-refractivity contribution in [1.29, 1.82) is 0 Å². The van der Waals surface area contributed by atoms with E-state index >= 15 is 0 Å². The largest absolute Gasteiger partial charge is 0.453 e. The molecule has 0 N–H and O–H groups in total. The van der Waals surface area contributed by atoms with Crippen LogP contribution in [0.4, 0.5) is 19.0 Å². The van der Waals surface area contributed by atoms with Gasteiger partial charge in [0.1, 0.15) is 11.9 Å². The number of carbonyl (C=O) groups excluding carboxylic acids is 1. The van der Waals surface area contributed by atoms with Gasteiger partial charge in [-0.15, -0.1) is 15.3 Å². The maximum Gasteiger partial charge on any atom is 0.453 e. The number of fused-ring (bicyclic) bond motifs is 1. The maximum atomic E-state index is 12.9. The van der Waals surface area contributed by atoms with Gasteiger partial charge in [-0.1, -0.05) is 0 Å². The molecule has 1 amide bonds. The number of anilines is 1. The van der Waals surface area contributed by atoms with Crippen molar-refractivity contribution >= 4 is 17.4 Å². The number of carbonyl (C=O) groups is 1. The third-order valence-electron chi connectivity index (χ3n) is 3.78. The first-order valence-corrected chi connectivity index (χ1v) is 7.06. The second kappa shape index (κ2) is 5.36. The van der Waals surface area contributed by atoms with Crippen molar-refractivity contribution in [2.75, 3.05) is 25.5 Å². The second-order valence-electron chi connectivity index (χ2n) is 5.57. The lowest BCUT2D eigenvalue weighted by atomic mass is 10.2. The Bertz CT molecular complexity index is 741. The Kier molecular flexibility index (Phi) is 3.61. The van der Waals surface area contributed by atoms with Gasteiger partial charge in [-0.25, -0.2) is 0 Å². The minimum atomic E-state index is -4.64. The van der Waals surface area contributed by atoms with Gasteiger partial charge in [0.2, 0.25) is 5.91 Å². The van der Waals surface area contributed by atoms with Gasteiger partial charge >= 0.3 is 6.18 Å². The Balaban J connectivity index is 2.01. The number of rotatable bonds is 2. The summed E-state index contributed by atoms with van der Waals surface area (Å²) in [6, 6.07) is 2.56. The van der Waals surface area contributed by atoms with E-state index in [-0.39, 0.29) is 11.6 Å². The molecule has 3 heterocycles. The monoisotopic (exact) mass is 328 g/mol. The molecule has 0 radical (unpaired) electrons. The summed E-state index contributed by atoms with van der Waals surface area (Å²) in [6.45, 7) is 0.562. The first kappa shape index (κ1) is 15.5. The van der Waals surface area contributed by atoms with E-state index in [1.54, 1.807) is 25.1 Å². The fraction of sp³-hybridized carbons (Fsp3) is 0.538. The fourth-order valence-corrected chi connectivity index (χ4v) is 2.70. The van der Waals surface area contributed by atoms with Crippen molar-refractivity contribution in [3.63, 3.8) is 0 Å². The average molecular weight is 328 g/mol. The van der Waals surface area contributed by atoms with Crippen molar-refractivity contribution in [2.45, 2.75) is 25.1 Å². The Morgan fingerprint density at radius 1 is 1.30 bits per heavy atom. The number of aromatic nitrogens is 4. The normalized spacial score (nSPS) is 18.7. The number of likely N-dealkylation sites (N-methyl/N-ethyl adjacent to an activating group) is 1. The Morgan fingerprint density at radius 2 is 2.04 bits per heavy atom. The number of halogens is 3. The third-order valence-corrected chi connectivity index (χ3v) is 3.78. The molecule has 23 heavy (non-hydrogen) atoms. The molecule has 124 valence electrons. The number of alkyl halides is 3. The summed E-state index contributed by atoms with van der Waals surface area (Å²) >= 11 is 0. The summed E-state index contributed by atoms with van der Waals surface area (Å²) in [5, 5.41) is 10.6. The third kappa shape index (κ3) is 2.68. The van der Waals surface area contributed by atoms with Crippen LogP contribution in [0.1, 0.15) is 18.7 Å². The number of nitrogens with zero attached hydrogens (tertiary/aromatic N) is 6. The van der Waals surface area contributed by atoms with Crippen molar-refractivity contribution in [2.24, 2.45) is 0 Å². The zero-order chi connectivity index (χ0) is 16.8. The average Bonchev–Trinajstić information content (AvgIpc) is 3.11. The molecule has 1 atom stereocenters. The Morgan fingerprint density at radius 3 is 2.70 bits per heavy atom. The highest BCUT2D eigenvalue weighted by atomic mass is 19.4. The highest BCUT2D eigenvalue weighted by Crippen LogP contribution is 2.29. The quantitative estimate of drug-likeness (QED) is 0.829. The van der Waals surface area contributed by atoms with E-state index in [1.165, 1.54) is 11.0 Å². The first-order valence-electron chi connectivity index (χ1n) is 7.06. The van der Waals surface area contributed by atoms with Gasteiger partial charge in [0.05, 0.1) is 0 Å². The highest BCUT2D eigenvalue weighted by Gasteiger charge is 2.38. The summed E-state index contributed by atoms with van der Waals surface area (Å²) in [7, 11) is 3.30. The zero-order valence-electron chi connectivity index (χ0n) is 12.6. The van der Waals surface area contributed by atoms with Crippen LogP contribution in [0, 0.1) is 0 Å². The van der Waals surface area contributed by atoms with Crippen LogP contribution in [0.3, 0.4) is 0 Å². The van der Waals surface area contributed by atoms with Crippen molar-refractivity contribution in [3.8, 4) is 0 Å². The molecule has 3 rings (SSSR count). The van der Waals surface area contributed by atoms with Gasteiger partial charge < -0.3 is 9.80 Å². The van der Waals surface area contributed by atoms with E-state index < -0.39 is 18.0 Å². The molecular weight excluding hydrogens is 313 g/mol. The van der Waals surface area contributed by atoms with Gasteiger partial charge in [-0.05, 0) is 25.0 Å². The zero-order valence-corrected chi connectivity index (χ0v) is 12.6. The first-order chi connectivity index (χ1) is 10.8. The van der Waals surface area contributed by atoms with Gasteiger partial charge in [0, 0.05) is 20.6 Å². The van der Waals surface area contributed by atoms with Crippen LogP contribution in [0.2, 0.25) is 0 Å². The van der Waals surface area contributed by atoms with Crippen LogP contribution in [-0.2, 0) is 11.0 Å². The number of hydrogen-bond acceptors (Lipinski definition) is 5. The second-order valence-corrected chi connectivity index (χ2v) is 5.57. The van der Waals surface area contributed by atoms with Crippen molar-refractivity contribution in [1.82, 2.24) is 24.7 Å². The molecule has 0 spiro atoms. The lowest BCUT2D eigenvalue weighted by Gasteiger charge is -2.26. The molecule has 0 bridgehead atoms. The highest BCUT2D eigenvalue weighted by molar-refractivity contribution is 5.85. The summed E-state index contributed by atoms with van der Waals surface area (Å²) in [4.78, 5) is 15.4. The van der Waals surface area contributed by atoms with Crippen LogP contribution in [0.25, 0.3) is 5.65 Å². The number of hydrogen-bond donors (Lipinski definition) is 0. The molecule has 0 aliphatic carbocycles. The molecule has 2 aromatic rings. The molecule has 10 heteroatoms. The van der Waals surface area contributed by atoms with Crippen LogP contribution >= 0.6 is 0 Å². The van der Waals surface area contributed by atoms with Gasteiger partial charge in [0.15, 0.2) is 5.65 Å². The SMILES string of the molecule is CN(C)C(=O)C1CCCN1c1ccc2nnc(C(F)(F)F)n2n1. The molecule has 0 saturated carbocycles. The molecule has 1 unspecified atom stereocenters. The smallest absolute Gasteiger partial charge is 0.347 e. The molecule has 1 saturated heterocycles. The van der Waals surface area contributed by atoms with E-state index in [2.05, 4.69) is 15.3 Å². The summed E-state index contributed by atoms with van der Waals surface area (Å²) in [5.74, 6) is -0.964. The standard InChI is InChI=1S/C13H15F3N6O/c1-20(2)11(23)8-4-3-7-21(8)10-6-5-9-17-18-12(13(14,15)16)22(9)19-10/h5-6,8H,3-4,7H2,1-2H3. The predicted octanol–water partition coefficient (Wildman–Crippen LogP) is 1.20. The topological polar surface area (TPSA) is 66.6 Å². The molecular formula is C13H15F3N6O. The van der Waals surface area contributed by atoms with E-state index in [4.69, 9.17) is 0 Å². The lowest BCUT2D eigenvalue weighted by Crippen LogP contribution is -2.43. The number of amides is 1. The van der Waals surface area contributed by atoms with Crippen LogP contribution < -0.4 is 4.90 Å². The van der Waals surface area contributed by atoms with E-state index in [0.29, 0.717) is 23.3 Å². The summed E-state index contributed by atoms with van der Waals surface area (Å²) in [6.07, 6.45) is -3.22. The molecule has 7 nitrogen and oxygen atoms in total. The van der Waals surface area contributed by atoms with Crippen LogP contribution in [0.5, 0.6) is 0 Å². The summed E-state index contributed by atoms with van der Waals surface area (Å²) < 4.78 is 39.5. The van der Waals surface area contributed by atoms with E-state index in [1.807, 2.05) is 0 Å². The predicted molar refractivity (Wildman–Crippen MR) is 74.8 cm³/mol. The minimum absolute atomic E-state index is 0.00996. The molecule has 1 aliphatic heterocycles. The van der Waals surface area contributed by atoms with Gasteiger partial charge in [-0.3, -0.25) is 4.79 Å². The van der Waals surface area contributed by atoms with Crippen LogP contribution in [-0.4, -0.2) is 57.3 Å². The minimum Gasteiger partial charge on any atom is -0.347 e. The molecule has 1 fully saturated rings. The van der Waals surface area contributed by atoms with Crippen molar-refractivity contribution in [3.05, 3.63) is 18.0 Å². The summed E-state index contributed by atoms with van der Waals surface area (Å²) in [5.41, 5.74) is 0.00996. The molecule has 2 aromatic heterocycles. The fourth-order valence-electron chi connectivity index (χ4n) is 2.70. The van der Waals surface area contributed by atoms with Crippen molar-refractivity contribution < 1.29 is 18.0 Å². The Labute approximate surface area is 129 Å². The maximum absolute atomic E-state index is 12.9. The van der Waals surface area contributed by atoms with E-state index in [9.17, 15) is 18.0 Å². The molecule has 1 aliphatic rings. The lowest BCUT2D eigenvalue weighted by molar-refractivity contribution is -0.146. The van der Waals surface area contributed by atoms with Crippen LogP contribution in [0.15, 0.2) is 12.1 Å². The molecule has 0 aromatic carbocycles. The van der Waals surface area contributed by atoms with E-state index in [0.717, 1.165) is 6.42 Å². The van der Waals surface area contributed by atoms with Gasteiger partial charge in [-0.2, -0.15) is 17.7 Å².